The Morgan fingerprint density at radius 1 is 1.08 bits per heavy atom. The molecule has 3 rings (SSSR count). The number of nitrogens with one attached hydrogen (secondary N) is 1. The van der Waals surface area contributed by atoms with E-state index in [1.807, 2.05) is 13.8 Å². The van der Waals surface area contributed by atoms with Crippen LogP contribution in [0, 0.1) is 44.2 Å². The van der Waals surface area contributed by atoms with Gasteiger partial charge in [0.15, 0.2) is 0 Å². The number of carbonyl (C=O) groups excluding carboxylic acids is 1. The van der Waals surface area contributed by atoms with E-state index >= 15 is 0 Å². The fourth-order valence-corrected chi connectivity index (χ4v) is 4.44. The Bertz CT molecular complexity index is 1210. The number of allylic oxidation sites excluding steroid dienone is 1. The fourth-order valence-electron chi connectivity index (χ4n) is 4.44. The van der Waals surface area contributed by atoms with Gasteiger partial charge in [-0.2, -0.15) is 0 Å². The second-order valence-corrected chi connectivity index (χ2v) is 9.50. The molecular formula is C29H36F2N4O. The first-order valence-electron chi connectivity index (χ1n) is 12.3. The molecule has 0 spiro atoms. The summed E-state index contributed by atoms with van der Waals surface area (Å²) in [5.41, 5.74) is 10.9. The summed E-state index contributed by atoms with van der Waals surface area (Å²) in [4.78, 5) is 20.0. The average Bonchev–Trinajstić information content (AvgIpc) is 2.85. The normalized spacial score (nSPS) is 16.4. The van der Waals surface area contributed by atoms with Crippen molar-refractivity contribution in [3.63, 3.8) is 0 Å². The zero-order valence-corrected chi connectivity index (χ0v) is 22.0. The predicted octanol–water partition coefficient (Wildman–Crippen LogP) is 6.01. The topological polar surface area (TPSA) is 70.7 Å². The monoisotopic (exact) mass is 494 g/mol. The minimum atomic E-state index is -0.551. The van der Waals surface area contributed by atoms with Gasteiger partial charge in [0.25, 0.3) is 0 Å². The average molecular weight is 495 g/mol. The van der Waals surface area contributed by atoms with Crippen LogP contribution in [0.1, 0.15) is 43.9 Å². The van der Waals surface area contributed by atoms with Crippen molar-refractivity contribution in [2.45, 2.75) is 48.0 Å². The molecule has 1 heterocycles. The SMILES string of the molecule is C/C=C\N(C(=O)C(C)C(C)C(=Nc1cc(C)c(F)c(C)c1)C1=C(N)CCNC1)c1cccc(C)c1F. The summed E-state index contributed by atoms with van der Waals surface area (Å²) in [6, 6.07) is 8.40. The number of anilines is 1. The van der Waals surface area contributed by atoms with Crippen molar-refractivity contribution in [2.24, 2.45) is 22.6 Å². The first-order chi connectivity index (χ1) is 17.1. The number of aryl methyl sites for hydroxylation is 3. The summed E-state index contributed by atoms with van der Waals surface area (Å²) in [6.45, 7) is 11.9. The third kappa shape index (κ3) is 5.73. The van der Waals surface area contributed by atoms with E-state index in [1.165, 1.54) is 4.90 Å². The lowest BCUT2D eigenvalue weighted by atomic mass is 9.84. The van der Waals surface area contributed by atoms with Crippen molar-refractivity contribution in [1.29, 1.82) is 0 Å². The van der Waals surface area contributed by atoms with Crippen molar-refractivity contribution in [1.82, 2.24) is 5.32 Å². The first-order valence-corrected chi connectivity index (χ1v) is 12.3. The van der Waals surface area contributed by atoms with E-state index in [1.54, 1.807) is 70.3 Å². The van der Waals surface area contributed by atoms with Crippen LogP contribution in [-0.4, -0.2) is 24.7 Å². The highest BCUT2D eigenvalue weighted by molar-refractivity contribution is 6.08. The van der Waals surface area contributed by atoms with Crippen LogP contribution < -0.4 is 16.0 Å². The number of aliphatic imine (C=N–C) groups is 1. The predicted molar refractivity (Wildman–Crippen MR) is 143 cm³/mol. The van der Waals surface area contributed by atoms with Gasteiger partial charge in [-0.25, -0.2) is 8.78 Å². The smallest absolute Gasteiger partial charge is 0.234 e. The molecule has 0 aromatic heterocycles. The maximum absolute atomic E-state index is 15.0. The Kier molecular flexibility index (Phi) is 8.79. The second-order valence-electron chi connectivity index (χ2n) is 9.50. The molecule has 5 nitrogen and oxygen atoms in total. The Balaban J connectivity index is 2.07. The molecule has 192 valence electrons. The second kappa shape index (κ2) is 11.6. The molecule has 2 unspecified atom stereocenters. The molecule has 0 radical (unpaired) electrons. The molecule has 0 saturated carbocycles. The van der Waals surface area contributed by atoms with E-state index in [0.717, 1.165) is 17.8 Å². The van der Waals surface area contributed by atoms with Gasteiger partial charge in [0.05, 0.1) is 17.1 Å². The Morgan fingerprint density at radius 2 is 1.75 bits per heavy atom. The summed E-state index contributed by atoms with van der Waals surface area (Å²) in [7, 11) is 0. The maximum Gasteiger partial charge on any atom is 0.234 e. The van der Waals surface area contributed by atoms with E-state index in [9.17, 15) is 13.6 Å². The quantitative estimate of drug-likeness (QED) is 0.463. The Hall–Kier alpha value is -3.32. The minimum absolute atomic E-state index is 0.207. The summed E-state index contributed by atoms with van der Waals surface area (Å²) >= 11 is 0. The van der Waals surface area contributed by atoms with E-state index in [2.05, 4.69) is 5.32 Å². The number of halogens is 2. The molecule has 1 aliphatic rings. The molecule has 2 aromatic rings. The molecule has 7 heteroatoms. The van der Waals surface area contributed by atoms with Gasteiger partial charge < -0.3 is 11.1 Å². The number of hydrogen-bond donors (Lipinski definition) is 2. The van der Waals surface area contributed by atoms with Crippen LogP contribution in [0.4, 0.5) is 20.2 Å². The molecule has 2 atom stereocenters. The molecule has 1 aliphatic heterocycles. The first kappa shape index (κ1) is 27.3. The lowest BCUT2D eigenvalue weighted by Gasteiger charge is -2.30. The highest BCUT2D eigenvalue weighted by Crippen LogP contribution is 2.30. The van der Waals surface area contributed by atoms with Gasteiger partial charge in [-0.1, -0.05) is 32.1 Å². The van der Waals surface area contributed by atoms with Gasteiger partial charge >= 0.3 is 0 Å². The van der Waals surface area contributed by atoms with Gasteiger partial charge in [0.1, 0.15) is 11.6 Å². The highest BCUT2D eigenvalue weighted by atomic mass is 19.1. The molecule has 1 amide bonds. The van der Waals surface area contributed by atoms with E-state index in [-0.39, 0.29) is 23.3 Å². The molecule has 0 saturated heterocycles. The number of benzene rings is 2. The molecule has 3 N–H and O–H groups in total. The van der Waals surface area contributed by atoms with Crippen molar-refractivity contribution in [2.75, 3.05) is 18.0 Å². The van der Waals surface area contributed by atoms with E-state index in [4.69, 9.17) is 10.7 Å². The third-order valence-corrected chi connectivity index (χ3v) is 6.78. The van der Waals surface area contributed by atoms with Gasteiger partial charge in [-0.3, -0.25) is 14.7 Å². The fraction of sp³-hybridized carbons (Fsp3) is 0.379. The minimum Gasteiger partial charge on any atom is -0.402 e. The summed E-state index contributed by atoms with van der Waals surface area (Å²) in [6.07, 6.45) is 3.97. The number of carbonyl (C=O) groups is 1. The van der Waals surface area contributed by atoms with Gasteiger partial charge in [0, 0.05) is 42.4 Å². The van der Waals surface area contributed by atoms with Gasteiger partial charge in [-0.05, 0) is 69.0 Å². The number of amides is 1. The Labute approximate surface area is 212 Å². The van der Waals surface area contributed by atoms with E-state index < -0.39 is 11.7 Å². The molecule has 0 aliphatic carbocycles. The summed E-state index contributed by atoms with van der Waals surface area (Å²) in [5.74, 6) is -1.85. The van der Waals surface area contributed by atoms with Crippen LogP contribution in [0.3, 0.4) is 0 Å². The third-order valence-electron chi connectivity index (χ3n) is 6.78. The van der Waals surface area contributed by atoms with Crippen molar-refractivity contribution >= 4 is 23.0 Å². The van der Waals surface area contributed by atoms with Crippen LogP contribution >= 0.6 is 0 Å². The number of nitrogens with zero attached hydrogens (tertiary/aromatic N) is 2. The van der Waals surface area contributed by atoms with Gasteiger partial charge in [0.2, 0.25) is 5.91 Å². The highest BCUT2D eigenvalue weighted by Gasteiger charge is 2.32. The van der Waals surface area contributed by atoms with Crippen LogP contribution in [0.15, 0.2) is 58.9 Å². The largest absolute Gasteiger partial charge is 0.402 e. The number of nitrogens with two attached hydrogens (primary N) is 1. The molecule has 2 aromatic carbocycles. The van der Waals surface area contributed by atoms with Crippen molar-refractivity contribution in [3.8, 4) is 0 Å². The van der Waals surface area contributed by atoms with Crippen LogP contribution in [-0.2, 0) is 4.79 Å². The Morgan fingerprint density at radius 3 is 2.36 bits per heavy atom. The number of rotatable bonds is 7. The lowest BCUT2D eigenvalue weighted by molar-refractivity contribution is -0.122. The maximum atomic E-state index is 15.0. The van der Waals surface area contributed by atoms with Crippen molar-refractivity contribution < 1.29 is 13.6 Å². The molecule has 36 heavy (non-hydrogen) atoms. The number of hydrogen-bond acceptors (Lipinski definition) is 4. The summed E-state index contributed by atoms with van der Waals surface area (Å²) in [5, 5.41) is 3.33. The lowest BCUT2D eigenvalue weighted by Crippen LogP contribution is -2.39. The van der Waals surface area contributed by atoms with Crippen LogP contribution in [0.2, 0.25) is 0 Å². The van der Waals surface area contributed by atoms with Crippen LogP contribution in [0.5, 0.6) is 0 Å². The molecule has 0 bridgehead atoms. The molecular weight excluding hydrogens is 458 g/mol. The summed E-state index contributed by atoms with van der Waals surface area (Å²) < 4.78 is 29.2. The van der Waals surface area contributed by atoms with Crippen molar-refractivity contribution in [3.05, 3.63) is 82.2 Å². The van der Waals surface area contributed by atoms with Gasteiger partial charge in [-0.15, -0.1) is 0 Å². The zero-order chi connectivity index (χ0) is 26.6. The molecule has 0 fully saturated rings. The van der Waals surface area contributed by atoms with Crippen LogP contribution in [0.25, 0.3) is 0 Å². The van der Waals surface area contributed by atoms with E-state index in [0.29, 0.717) is 41.1 Å². The zero-order valence-electron chi connectivity index (χ0n) is 22.0. The standard InChI is InChI=1S/C29H36F2N4O/c1-7-13-35(25-10-8-9-17(2)27(25)31)29(36)21(6)20(5)28(23-16-33-12-11-24(23)32)34-22-14-18(3)26(30)19(4)15-22/h7-10,13-15,20-21,33H,11-12,16,32H2,1-6H3/b13-7-,34-28?.